The van der Waals surface area contributed by atoms with Crippen LogP contribution in [0.25, 0.3) is 0 Å². The van der Waals surface area contributed by atoms with Gasteiger partial charge in [-0.2, -0.15) is 0 Å². The van der Waals surface area contributed by atoms with Gasteiger partial charge in [0, 0.05) is 25.8 Å². The lowest BCUT2D eigenvalue weighted by Crippen LogP contribution is -2.43. The van der Waals surface area contributed by atoms with E-state index < -0.39 is 30.1 Å². The number of nitrogens with one attached hydrogen (secondary N) is 2. The Hall–Kier alpha value is -3.60. The number of benzene rings is 1. The van der Waals surface area contributed by atoms with E-state index in [1.54, 1.807) is 40.1 Å². The third-order valence-electron chi connectivity index (χ3n) is 6.09. The molecule has 1 aromatic heterocycles. The zero-order chi connectivity index (χ0) is 26.4. The van der Waals surface area contributed by atoms with E-state index in [1.807, 2.05) is 24.3 Å². The number of nitrogens with zero attached hydrogens (tertiary/aromatic N) is 3. The van der Waals surface area contributed by atoms with Crippen LogP contribution in [0.2, 0.25) is 0 Å². The lowest BCUT2D eigenvalue weighted by molar-refractivity contribution is -0.0518. The number of ether oxygens (including phenoxy) is 4. The molecule has 2 aromatic rings. The molecule has 4 rings (SSSR count). The van der Waals surface area contributed by atoms with Gasteiger partial charge in [0.15, 0.2) is 12.2 Å². The predicted molar refractivity (Wildman–Crippen MR) is 136 cm³/mol. The average Bonchev–Trinajstić information content (AvgIpc) is 3.16. The number of methoxy groups -OCH3 is 1. The molecule has 1 amide bonds. The van der Waals surface area contributed by atoms with Crippen molar-refractivity contribution >= 4 is 18.2 Å². The lowest BCUT2D eigenvalue weighted by atomic mass is 10.0. The SMILES string of the molecule is COc1ccc(C[C@H]2NC[C@H](OC(=O)OC(C)(C)C)[C@H]2OC(=O)NCc2ccnc(N3CCC3)n2)cc1. The molecule has 3 heterocycles. The largest absolute Gasteiger partial charge is 0.509 e. The second-order valence-electron chi connectivity index (χ2n) is 10.1. The van der Waals surface area contributed by atoms with E-state index in [0.717, 1.165) is 30.8 Å². The zero-order valence-corrected chi connectivity index (χ0v) is 21.7. The molecule has 0 bridgehead atoms. The van der Waals surface area contributed by atoms with Crippen LogP contribution in [0.4, 0.5) is 15.5 Å². The van der Waals surface area contributed by atoms with Gasteiger partial charge in [-0.25, -0.2) is 19.6 Å². The van der Waals surface area contributed by atoms with Gasteiger partial charge in [0.25, 0.3) is 0 Å². The van der Waals surface area contributed by atoms with Gasteiger partial charge in [0.2, 0.25) is 5.95 Å². The molecule has 2 aliphatic heterocycles. The van der Waals surface area contributed by atoms with Crippen LogP contribution in [0, 0.1) is 0 Å². The van der Waals surface area contributed by atoms with Crippen LogP contribution in [0.1, 0.15) is 38.4 Å². The van der Waals surface area contributed by atoms with Gasteiger partial charge in [-0.3, -0.25) is 0 Å². The molecular formula is C26H35N5O6. The van der Waals surface area contributed by atoms with Crippen LogP contribution in [-0.4, -0.2) is 72.8 Å². The minimum absolute atomic E-state index is 0.184. The van der Waals surface area contributed by atoms with Crippen molar-refractivity contribution in [3.05, 3.63) is 47.8 Å². The normalized spacial score (nSPS) is 21.1. The van der Waals surface area contributed by atoms with E-state index in [9.17, 15) is 9.59 Å². The summed E-state index contributed by atoms with van der Waals surface area (Å²) in [6.45, 7) is 7.65. The standard InChI is InChI=1S/C26H35N5O6/c1-26(2,3)37-25(33)35-21-16-28-20(14-17-6-8-19(34-4)9-7-17)22(21)36-24(32)29-15-18-10-11-27-23(30-18)31-12-5-13-31/h6-11,20-22,28H,5,12-16H2,1-4H3,(H,29,32)/t20-,21+,22+/m1/s1. The van der Waals surface area contributed by atoms with Crippen molar-refractivity contribution in [1.29, 1.82) is 0 Å². The third kappa shape index (κ3) is 7.45. The number of hydrogen-bond acceptors (Lipinski definition) is 10. The van der Waals surface area contributed by atoms with Crippen molar-refractivity contribution < 1.29 is 28.5 Å². The summed E-state index contributed by atoms with van der Waals surface area (Å²) in [5.41, 5.74) is 0.991. The fourth-order valence-electron chi connectivity index (χ4n) is 4.11. The number of carbonyl (C=O) groups excluding carboxylic acids is 2. The van der Waals surface area contributed by atoms with Gasteiger partial charge in [0.1, 0.15) is 11.4 Å². The number of carbonyl (C=O) groups is 2. The Balaban J connectivity index is 1.40. The second-order valence-corrected chi connectivity index (χ2v) is 10.1. The predicted octanol–water partition coefficient (Wildman–Crippen LogP) is 2.82. The molecule has 1 aromatic carbocycles. The molecule has 0 unspecified atom stereocenters. The fourth-order valence-corrected chi connectivity index (χ4v) is 4.11. The molecule has 2 N–H and O–H groups in total. The fraction of sp³-hybridized carbons (Fsp3) is 0.538. The van der Waals surface area contributed by atoms with Crippen LogP contribution < -0.4 is 20.3 Å². The first-order valence-electron chi connectivity index (χ1n) is 12.5. The topological polar surface area (TPSA) is 124 Å². The van der Waals surface area contributed by atoms with Crippen molar-refractivity contribution in [2.24, 2.45) is 0 Å². The van der Waals surface area contributed by atoms with E-state index in [2.05, 4.69) is 25.5 Å². The van der Waals surface area contributed by atoms with Crippen molar-refractivity contribution in [3.8, 4) is 5.75 Å². The molecule has 0 spiro atoms. The molecule has 0 radical (unpaired) electrons. The first-order chi connectivity index (χ1) is 17.7. The molecule has 0 aliphatic carbocycles. The van der Waals surface area contributed by atoms with Crippen molar-refractivity contribution in [1.82, 2.24) is 20.6 Å². The highest BCUT2D eigenvalue weighted by atomic mass is 16.7. The number of alkyl carbamates (subject to hydrolysis) is 1. The van der Waals surface area contributed by atoms with Gasteiger partial charge >= 0.3 is 12.2 Å². The maximum absolute atomic E-state index is 12.8. The van der Waals surface area contributed by atoms with Crippen LogP contribution >= 0.6 is 0 Å². The van der Waals surface area contributed by atoms with Gasteiger partial charge in [-0.05, 0) is 57.4 Å². The number of anilines is 1. The highest BCUT2D eigenvalue weighted by Gasteiger charge is 2.42. The Morgan fingerprint density at radius 3 is 2.54 bits per heavy atom. The summed E-state index contributed by atoms with van der Waals surface area (Å²) in [5, 5.41) is 6.07. The van der Waals surface area contributed by atoms with Gasteiger partial charge < -0.3 is 34.5 Å². The second kappa shape index (κ2) is 11.6. The highest BCUT2D eigenvalue weighted by Crippen LogP contribution is 2.23. The first kappa shape index (κ1) is 26.5. The molecule has 200 valence electrons. The minimum Gasteiger partial charge on any atom is -0.497 e. The molecule has 3 atom stereocenters. The number of aromatic nitrogens is 2. The van der Waals surface area contributed by atoms with E-state index in [-0.39, 0.29) is 12.6 Å². The third-order valence-corrected chi connectivity index (χ3v) is 6.09. The maximum Gasteiger partial charge on any atom is 0.509 e. The monoisotopic (exact) mass is 513 g/mol. The van der Waals surface area contributed by atoms with Crippen LogP contribution in [0.5, 0.6) is 5.75 Å². The molecule has 0 saturated carbocycles. The summed E-state index contributed by atoms with van der Waals surface area (Å²) < 4.78 is 21.9. The van der Waals surface area contributed by atoms with Crippen LogP contribution in [0.15, 0.2) is 36.5 Å². The number of amides is 1. The number of rotatable bonds is 8. The Labute approximate surface area is 216 Å². The minimum atomic E-state index is -0.807. The summed E-state index contributed by atoms with van der Waals surface area (Å²) in [6.07, 6.45) is 0.490. The van der Waals surface area contributed by atoms with Crippen LogP contribution in [0.3, 0.4) is 0 Å². The summed E-state index contributed by atoms with van der Waals surface area (Å²) in [5.74, 6) is 1.41. The Morgan fingerprint density at radius 1 is 1.14 bits per heavy atom. The molecule has 2 aliphatic rings. The van der Waals surface area contributed by atoms with Crippen molar-refractivity contribution in [3.63, 3.8) is 0 Å². The number of hydrogen-bond donors (Lipinski definition) is 2. The summed E-state index contributed by atoms with van der Waals surface area (Å²) in [4.78, 5) is 36.0. The Bertz CT molecular complexity index is 1070. The zero-order valence-electron chi connectivity index (χ0n) is 21.7. The molecule has 2 saturated heterocycles. The quantitative estimate of drug-likeness (QED) is 0.509. The van der Waals surface area contributed by atoms with Crippen LogP contribution in [-0.2, 0) is 27.2 Å². The van der Waals surface area contributed by atoms with E-state index >= 15 is 0 Å². The average molecular weight is 514 g/mol. The summed E-state index contributed by atoms with van der Waals surface area (Å²) >= 11 is 0. The summed E-state index contributed by atoms with van der Waals surface area (Å²) in [6, 6.07) is 9.12. The lowest BCUT2D eigenvalue weighted by Gasteiger charge is -2.30. The van der Waals surface area contributed by atoms with E-state index in [1.165, 1.54) is 0 Å². The summed E-state index contributed by atoms with van der Waals surface area (Å²) in [7, 11) is 1.61. The first-order valence-corrected chi connectivity index (χ1v) is 12.5. The highest BCUT2D eigenvalue weighted by molar-refractivity contribution is 5.67. The van der Waals surface area contributed by atoms with Crippen molar-refractivity contribution in [2.45, 2.75) is 64.0 Å². The Morgan fingerprint density at radius 2 is 1.89 bits per heavy atom. The smallest absolute Gasteiger partial charge is 0.497 e. The van der Waals surface area contributed by atoms with Gasteiger partial charge in [0.05, 0.1) is 25.4 Å². The molecule has 2 fully saturated rings. The van der Waals surface area contributed by atoms with Crippen molar-refractivity contribution in [2.75, 3.05) is 31.6 Å². The Kier molecular flexibility index (Phi) is 8.32. The van der Waals surface area contributed by atoms with Gasteiger partial charge in [-0.1, -0.05) is 12.1 Å². The molecule has 11 heteroatoms. The maximum atomic E-state index is 12.8. The molecular weight excluding hydrogens is 478 g/mol. The molecule has 11 nitrogen and oxygen atoms in total. The molecule has 37 heavy (non-hydrogen) atoms. The van der Waals surface area contributed by atoms with E-state index in [4.69, 9.17) is 18.9 Å². The van der Waals surface area contributed by atoms with E-state index in [0.29, 0.717) is 24.6 Å². The van der Waals surface area contributed by atoms with Gasteiger partial charge in [-0.15, -0.1) is 0 Å².